The van der Waals surface area contributed by atoms with Crippen molar-refractivity contribution in [2.75, 3.05) is 25.5 Å². The van der Waals surface area contributed by atoms with Crippen molar-refractivity contribution in [2.45, 2.75) is 45.3 Å². The average Bonchev–Trinajstić information content (AvgIpc) is 3.09. The molecule has 1 fully saturated rings. The van der Waals surface area contributed by atoms with Gasteiger partial charge in [-0.15, -0.1) is 0 Å². The van der Waals surface area contributed by atoms with Crippen LogP contribution < -0.4 is 16.0 Å². The summed E-state index contributed by atoms with van der Waals surface area (Å²) in [4.78, 5) is 15.9. The summed E-state index contributed by atoms with van der Waals surface area (Å²) in [7, 11) is 1.76. The minimum Gasteiger partial charge on any atom is -0.376 e. The van der Waals surface area contributed by atoms with Crippen molar-refractivity contribution >= 4 is 17.6 Å². The number of amides is 1. The predicted octanol–water partition coefficient (Wildman–Crippen LogP) is 2.27. The number of carbonyl (C=O) groups excluding carboxylic acids is 1. The Morgan fingerprint density at radius 1 is 1.38 bits per heavy atom. The number of guanidine groups is 1. The van der Waals surface area contributed by atoms with Gasteiger partial charge in [-0.05, 0) is 37.0 Å². The van der Waals surface area contributed by atoms with Crippen LogP contribution in [0, 0.1) is 0 Å². The molecular weight excluding hydrogens is 304 g/mol. The van der Waals surface area contributed by atoms with E-state index < -0.39 is 0 Å². The molecule has 1 unspecified atom stereocenters. The van der Waals surface area contributed by atoms with Crippen molar-refractivity contribution in [1.29, 1.82) is 0 Å². The number of hydrogen-bond donors (Lipinski definition) is 3. The summed E-state index contributed by atoms with van der Waals surface area (Å²) in [5.74, 6) is 0.808. The summed E-state index contributed by atoms with van der Waals surface area (Å²) in [6, 6.07) is 7.85. The Hall–Kier alpha value is -2.08. The molecule has 0 radical (unpaired) electrons. The van der Waals surface area contributed by atoms with E-state index in [2.05, 4.69) is 20.9 Å². The number of benzene rings is 1. The average molecular weight is 332 g/mol. The van der Waals surface area contributed by atoms with E-state index in [0.29, 0.717) is 13.0 Å². The minimum absolute atomic E-state index is 0.0525. The molecule has 0 aliphatic carbocycles. The maximum absolute atomic E-state index is 11.7. The van der Waals surface area contributed by atoms with Crippen LogP contribution in [0.2, 0.25) is 0 Å². The number of ether oxygens (including phenoxy) is 1. The standard InChI is InChI=1S/C18H28N4O2/c1-3-6-17(23)22-15-8-4-7-14(11-15)12-20-18(19-2)21-13-16-9-5-10-24-16/h4,7-8,11,16H,3,5-6,9-10,12-13H2,1-2H3,(H,22,23)(H2,19,20,21). The molecule has 1 saturated heterocycles. The van der Waals surface area contributed by atoms with Crippen molar-refractivity contribution < 1.29 is 9.53 Å². The molecule has 1 aliphatic heterocycles. The summed E-state index contributed by atoms with van der Waals surface area (Å²) in [5.41, 5.74) is 1.92. The van der Waals surface area contributed by atoms with Crippen LogP contribution in [-0.2, 0) is 16.1 Å². The lowest BCUT2D eigenvalue weighted by Gasteiger charge is -2.15. The van der Waals surface area contributed by atoms with Gasteiger partial charge in [-0.25, -0.2) is 0 Å². The van der Waals surface area contributed by atoms with Crippen molar-refractivity contribution in [3.05, 3.63) is 29.8 Å². The van der Waals surface area contributed by atoms with Gasteiger partial charge < -0.3 is 20.7 Å². The highest BCUT2D eigenvalue weighted by molar-refractivity contribution is 5.90. The Bertz CT molecular complexity index is 554. The first-order valence-electron chi connectivity index (χ1n) is 8.66. The van der Waals surface area contributed by atoms with E-state index in [1.165, 1.54) is 0 Å². The fourth-order valence-corrected chi connectivity index (χ4v) is 2.63. The highest BCUT2D eigenvalue weighted by atomic mass is 16.5. The number of nitrogens with zero attached hydrogens (tertiary/aromatic N) is 1. The topological polar surface area (TPSA) is 74.8 Å². The highest BCUT2D eigenvalue weighted by Gasteiger charge is 2.15. The van der Waals surface area contributed by atoms with Crippen LogP contribution in [0.25, 0.3) is 0 Å². The van der Waals surface area contributed by atoms with Gasteiger partial charge in [0.25, 0.3) is 0 Å². The van der Waals surface area contributed by atoms with Gasteiger partial charge in [0.2, 0.25) is 5.91 Å². The number of rotatable bonds is 7. The van der Waals surface area contributed by atoms with E-state index in [9.17, 15) is 4.79 Å². The lowest BCUT2D eigenvalue weighted by molar-refractivity contribution is -0.116. The second-order valence-corrected chi connectivity index (χ2v) is 5.94. The fraction of sp³-hybridized carbons (Fsp3) is 0.556. The smallest absolute Gasteiger partial charge is 0.224 e. The monoisotopic (exact) mass is 332 g/mol. The third-order valence-electron chi connectivity index (χ3n) is 3.89. The molecule has 0 saturated carbocycles. The lowest BCUT2D eigenvalue weighted by Crippen LogP contribution is -2.40. The van der Waals surface area contributed by atoms with Gasteiger partial charge in [-0.2, -0.15) is 0 Å². The van der Waals surface area contributed by atoms with Crippen LogP contribution in [0.1, 0.15) is 38.2 Å². The predicted molar refractivity (Wildman–Crippen MR) is 97.2 cm³/mol. The second-order valence-electron chi connectivity index (χ2n) is 5.94. The van der Waals surface area contributed by atoms with Gasteiger partial charge in [0.05, 0.1) is 6.10 Å². The van der Waals surface area contributed by atoms with Crippen LogP contribution in [0.3, 0.4) is 0 Å². The molecule has 1 atom stereocenters. The Balaban J connectivity index is 1.80. The SMILES string of the molecule is CCCC(=O)Nc1cccc(CNC(=NC)NCC2CCCO2)c1. The van der Waals surface area contributed by atoms with E-state index in [-0.39, 0.29) is 12.0 Å². The summed E-state index contributed by atoms with van der Waals surface area (Å²) in [6.45, 7) is 4.26. The maximum atomic E-state index is 11.7. The van der Waals surface area contributed by atoms with Crippen LogP contribution in [0.15, 0.2) is 29.3 Å². The summed E-state index contributed by atoms with van der Waals surface area (Å²) >= 11 is 0. The molecule has 2 rings (SSSR count). The molecule has 0 bridgehead atoms. The molecule has 1 amide bonds. The molecule has 1 aromatic carbocycles. The first-order valence-corrected chi connectivity index (χ1v) is 8.66. The maximum Gasteiger partial charge on any atom is 0.224 e. The summed E-state index contributed by atoms with van der Waals surface area (Å²) in [5, 5.41) is 9.49. The number of anilines is 1. The Morgan fingerprint density at radius 3 is 2.96 bits per heavy atom. The summed E-state index contributed by atoms with van der Waals surface area (Å²) in [6.07, 6.45) is 3.90. The van der Waals surface area contributed by atoms with Crippen LogP contribution >= 0.6 is 0 Å². The zero-order valence-corrected chi connectivity index (χ0v) is 14.6. The molecule has 1 aliphatic rings. The minimum atomic E-state index is 0.0525. The Kier molecular flexibility index (Phi) is 7.55. The lowest BCUT2D eigenvalue weighted by atomic mass is 10.2. The van der Waals surface area contributed by atoms with Crippen LogP contribution in [0.4, 0.5) is 5.69 Å². The first kappa shape index (κ1) is 18.3. The van der Waals surface area contributed by atoms with Crippen LogP contribution in [-0.4, -0.2) is 38.2 Å². The van der Waals surface area contributed by atoms with E-state index in [0.717, 1.165) is 49.6 Å². The third kappa shape index (κ3) is 6.20. The quantitative estimate of drug-likeness (QED) is 0.529. The van der Waals surface area contributed by atoms with Crippen molar-refractivity contribution in [1.82, 2.24) is 10.6 Å². The van der Waals surface area contributed by atoms with Crippen molar-refractivity contribution in [2.24, 2.45) is 4.99 Å². The van der Waals surface area contributed by atoms with E-state index >= 15 is 0 Å². The van der Waals surface area contributed by atoms with E-state index in [1.54, 1.807) is 7.05 Å². The molecule has 132 valence electrons. The highest BCUT2D eigenvalue weighted by Crippen LogP contribution is 2.12. The normalized spacial score (nSPS) is 17.6. The van der Waals surface area contributed by atoms with Gasteiger partial charge in [-0.3, -0.25) is 9.79 Å². The molecule has 0 aromatic heterocycles. The van der Waals surface area contributed by atoms with Gasteiger partial charge in [-0.1, -0.05) is 19.1 Å². The zero-order chi connectivity index (χ0) is 17.2. The molecular formula is C18H28N4O2. The molecule has 3 N–H and O–H groups in total. The van der Waals surface area contributed by atoms with Gasteiger partial charge in [0.15, 0.2) is 5.96 Å². The number of aliphatic imine (C=N–C) groups is 1. The number of nitrogens with one attached hydrogen (secondary N) is 3. The molecule has 6 nitrogen and oxygen atoms in total. The first-order chi connectivity index (χ1) is 11.7. The van der Waals surface area contributed by atoms with Crippen LogP contribution in [0.5, 0.6) is 0 Å². The zero-order valence-electron chi connectivity index (χ0n) is 14.6. The van der Waals surface area contributed by atoms with Crippen molar-refractivity contribution in [3.63, 3.8) is 0 Å². The second kappa shape index (κ2) is 9.93. The third-order valence-corrected chi connectivity index (χ3v) is 3.89. The number of hydrogen-bond acceptors (Lipinski definition) is 3. The Labute approximate surface area is 144 Å². The molecule has 24 heavy (non-hydrogen) atoms. The van der Waals surface area contributed by atoms with Gasteiger partial charge in [0, 0.05) is 38.9 Å². The van der Waals surface area contributed by atoms with E-state index in [1.807, 2.05) is 31.2 Å². The molecule has 1 heterocycles. The number of carbonyl (C=O) groups is 1. The Morgan fingerprint density at radius 2 is 2.25 bits per heavy atom. The fourth-order valence-electron chi connectivity index (χ4n) is 2.63. The summed E-state index contributed by atoms with van der Waals surface area (Å²) < 4.78 is 5.60. The van der Waals surface area contributed by atoms with Gasteiger partial charge in [0.1, 0.15) is 0 Å². The van der Waals surface area contributed by atoms with Gasteiger partial charge >= 0.3 is 0 Å². The van der Waals surface area contributed by atoms with Crippen molar-refractivity contribution in [3.8, 4) is 0 Å². The molecule has 0 spiro atoms. The van der Waals surface area contributed by atoms with E-state index in [4.69, 9.17) is 4.74 Å². The molecule has 6 heteroatoms. The largest absolute Gasteiger partial charge is 0.376 e. The molecule has 1 aromatic rings.